The minimum atomic E-state index is -0.00435. The molecule has 1 saturated carbocycles. The van der Waals surface area contributed by atoms with Crippen LogP contribution in [0, 0.1) is 34.5 Å². The number of hydrogen-bond donors (Lipinski definition) is 0. The molecule has 1 fully saturated rings. The Morgan fingerprint density at radius 1 is 1.17 bits per heavy atom. The summed E-state index contributed by atoms with van der Waals surface area (Å²) in [7, 11) is 0. The van der Waals surface area contributed by atoms with Crippen LogP contribution in [-0.4, -0.2) is 0 Å². The van der Waals surface area contributed by atoms with Crippen LogP contribution in [0.2, 0.25) is 0 Å². The number of rotatable bonds is 2. The second kappa shape index (κ2) is 4.78. The summed E-state index contributed by atoms with van der Waals surface area (Å²) in [5.41, 5.74) is 0. The Labute approximate surface area is 73.8 Å². The molecule has 1 aliphatic rings. The summed E-state index contributed by atoms with van der Waals surface area (Å²) < 4.78 is 0. The topological polar surface area (TPSA) is 47.6 Å². The van der Waals surface area contributed by atoms with E-state index in [1.165, 1.54) is 19.3 Å². The van der Waals surface area contributed by atoms with Gasteiger partial charge in [0.15, 0.2) is 0 Å². The molecule has 0 spiro atoms. The Morgan fingerprint density at radius 3 is 2.33 bits per heavy atom. The van der Waals surface area contributed by atoms with Gasteiger partial charge in [-0.1, -0.05) is 19.3 Å². The van der Waals surface area contributed by atoms with Crippen LogP contribution in [0.4, 0.5) is 0 Å². The second-order valence-corrected chi connectivity index (χ2v) is 3.50. The highest BCUT2D eigenvalue weighted by molar-refractivity contribution is 4.94. The van der Waals surface area contributed by atoms with Gasteiger partial charge in [-0.05, 0) is 18.8 Å². The molecule has 64 valence electrons. The number of nitriles is 2. The molecule has 0 heterocycles. The third-order valence-electron chi connectivity index (χ3n) is 2.70. The Morgan fingerprint density at radius 2 is 1.83 bits per heavy atom. The smallest absolute Gasteiger partial charge is 0.0669 e. The Kier molecular flexibility index (Phi) is 3.61. The van der Waals surface area contributed by atoms with Gasteiger partial charge in [-0.2, -0.15) is 10.5 Å². The third kappa shape index (κ3) is 2.24. The lowest BCUT2D eigenvalue weighted by Gasteiger charge is -2.23. The van der Waals surface area contributed by atoms with Crippen LogP contribution < -0.4 is 0 Å². The van der Waals surface area contributed by atoms with Crippen LogP contribution in [-0.2, 0) is 0 Å². The largest absolute Gasteiger partial charge is 0.198 e. The predicted octanol–water partition coefficient (Wildman–Crippen LogP) is 2.62. The quantitative estimate of drug-likeness (QED) is 0.626. The van der Waals surface area contributed by atoms with E-state index in [1.807, 2.05) is 0 Å². The van der Waals surface area contributed by atoms with Gasteiger partial charge in [0.05, 0.1) is 24.5 Å². The number of nitrogens with zero attached hydrogens (tertiary/aromatic N) is 2. The van der Waals surface area contributed by atoms with Crippen LogP contribution in [0.3, 0.4) is 0 Å². The normalized spacial score (nSPS) is 20.8. The molecular weight excluding hydrogens is 148 g/mol. The maximum atomic E-state index is 8.81. The van der Waals surface area contributed by atoms with Crippen LogP contribution in [0.25, 0.3) is 0 Å². The fourth-order valence-corrected chi connectivity index (χ4v) is 1.95. The zero-order valence-electron chi connectivity index (χ0n) is 7.29. The molecule has 12 heavy (non-hydrogen) atoms. The highest BCUT2D eigenvalue weighted by atomic mass is 14.3. The van der Waals surface area contributed by atoms with E-state index in [2.05, 4.69) is 12.1 Å². The molecule has 2 heteroatoms. The lowest BCUT2D eigenvalue weighted by Crippen LogP contribution is -2.15. The van der Waals surface area contributed by atoms with Gasteiger partial charge in [0.1, 0.15) is 0 Å². The van der Waals surface area contributed by atoms with E-state index < -0.39 is 0 Å². The highest BCUT2D eigenvalue weighted by Crippen LogP contribution is 2.30. The average Bonchev–Trinajstić information content (AvgIpc) is 2.15. The van der Waals surface area contributed by atoms with Crippen molar-refractivity contribution in [1.82, 2.24) is 0 Å². The summed E-state index contributed by atoms with van der Waals surface area (Å²) in [4.78, 5) is 0. The lowest BCUT2D eigenvalue weighted by atomic mass is 9.79. The average molecular weight is 162 g/mol. The first-order valence-electron chi connectivity index (χ1n) is 4.65. The van der Waals surface area contributed by atoms with Gasteiger partial charge in [0, 0.05) is 0 Å². The van der Waals surface area contributed by atoms with Crippen LogP contribution in [0.15, 0.2) is 0 Å². The van der Waals surface area contributed by atoms with Crippen LogP contribution in [0.1, 0.15) is 38.5 Å². The van der Waals surface area contributed by atoms with Crippen molar-refractivity contribution in [3.63, 3.8) is 0 Å². The van der Waals surface area contributed by atoms with E-state index in [-0.39, 0.29) is 5.92 Å². The molecule has 2 nitrogen and oxygen atoms in total. The van der Waals surface area contributed by atoms with Crippen molar-refractivity contribution in [1.29, 1.82) is 10.5 Å². The summed E-state index contributed by atoms with van der Waals surface area (Å²) in [5.74, 6) is 0.499. The lowest BCUT2D eigenvalue weighted by molar-refractivity contribution is 0.293. The molecule has 0 radical (unpaired) electrons. The van der Waals surface area contributed by atoms with E-state index in [4.69, 9.17) is 10.5 Å². The maximum absolute atomic E-state index is 8.81. The van der Waals surface area contributed by atoms with Gasteiger partial charge in [-0.15, -0.1) is 0 Å². The molecule has 1 rings (SSSR count). The van der Waals surface area contributed by atoms with Crippen molar-refractivity contribution in [2.24, 2.45) is 11.8 Å². The summed E-state index contributed by atoms with van der Waals surface area (Å²) in [6, 6.07) is 4.34. The van der Waals surface area contributed by atoms with Gasteiger partial charge < -0.3 is 0 Å². The molecule has 0 amide bonds. The summed E-state index contributed by atoms with van der Waals surface area (Å²) in [6.45, 7) is 0. The zero-order valence-corrected chi connectivity index (χ0v) is 7.29. The second-order valence-electron chi connectivity index (χ2n) is 3.50. The van der Waals surface area contributed by atoms with Gasteiger partial charge in [0.2, 0.25) is 0 Å². The van der Waals surface area contributed by atoms with Gasteiger partial charge in [-0.3, -0.25) is 0 Å². The molecule has 0 aromatic carbocycles. The fraction of sp³-hybridized carbons (Fsp3) is 0.800. The van der Waals surface area contributed by atoms with E-state index in [0.29, 0.717) is 12.3 Å². The Balaban J connectivity index is 2.43. The molecule has 0 aliphatic heterocycles. The van der Waals surface area contributed by atoms with E-state index in [9.17, 15) is 0 Å². The van der Waals surface area contributed by atoms with E-state index >= 15 is 0 Å². The number of hydrogen-bond acceptors (Lipinski definition) is 2. The first-order chi connectivity index (χ1) is 5.88. The van der Waals surface area contributed by atoms with Crippen LogP contribution >= 0.6 is 0 Å². The van der Waals surface area contributed by atoms with Crippen LogP contribution in [0.5, 0.6) is 0 Å². The van der Waals surface area contributed by atoms with Gasteiger partial charge >= 0.3 is 0 Å². The molecule has 0 aromatic rings. The van der Waals surface area contributed by atoms with Crippen molar-refractivity contribution in [2.75, 3.05) is 0 Å². The van der Waals surface area contributed by atoms with Crippen molar-refractivity contribution in [3.05, 3.63) is 0 Å². The molecule has 0 bridgehead atoms. The van der Waals surface area contributed by atoms with Gasteiger partial charge in [-0.25, -0.2) is 0 Å². The molecule has 1 aliphatic carbocycles. The molecule has 0 saturated heterocycles. The molecular formula is C10H14N2. The maximum Gasteiger partial charge on any atom is 0.0669 e. The summed E-state index contributed by atoms with van der Waals surface area (Å²) in [5, 5.41) is 17.3. The monoisotopic (exact) mass is 162 g/mol. The molecule has 0 aromatic heterocycles. The van der Waals surface area contributed by atoms with E-state index in [0.717, 1.165) is 12.8 Å². The molecule has 1 atom stereocenters. The van der Waals surface area contributed by atoms with Crippen molar-refractivity contribution in [2.45, 2.75) is 38.5 Å². The van der Waals surface area contributed by atoms with Gasteiger partial charge in [0.25, 0.3) is 0 Å². The zero-order chi connectivity index (χ0) is 8.81. The SMILES string of the molecule is N#CCC(C#N)C1CCCCC1. The Hall–Kier alpha value is -1.02. The van der Waals surface area contributed by atoms with Crippen molar-refractivity contribution in [3.8, 4) is 12.1 Å². The van der Waals surface area contributed by atoms with Crippen molar-refractivity contribution >= 4 is 0 Å². The van der Waals surface area contributed by atoms with Crippen molar-refractivity contribution < 1.29 is 0 Å². The first-order valence-corrected chi connectivity index (χ1v) is 4.65. The summed E-state index contributed by atoms with van der Waals surface area (Å²) in [6.07, 6.45) is 6.52. The minimum absolute atomic E-state index is 0.00435. The fourth-order valence-electron chi connectivity index (χ4n) is 1.95. The summed E-state index contributed by atoms with van der Waals surface area (Å²) >= 11 is 0. The molecule has 0 N–H and O–H groups in total. The first kappa shape index (κ1) is 9.07. The Bertz CT molecular complexity index is 203. The van der Waals surface area contributed by atoms with E-state index in [1.54, 1.807) is 0 Å². The highest BCUT2D eigenvalue weighted by Gasteiger charge is 2.22. The standard InChI is InChI=1S/C10H14N2/c11-7-6-10(8-12)9-4-2-1-3-5-9/h9-10H,1-6H2. The third-order valence-corrected chi connectivity index (χ3v) is 2.70. The minimum Gasteiger partial charge on any atom is -0.198 e. The molecule has 1 unspecified atom stereocenters. The predicted molar refractivity (Wildman–Crippen MR) is 45.9 cm³/mol.